The normalized spacial score (nSPS) is 39.9. The molecule has 7 heterocycles. The second-order valence-corrected chi connectivity index (χ2v) is 15.5. The first-order valence-corrected chi connectivity index (χ1v) is 17.6. The fourth-order valence-electron chi connectivity index (χ4n) is 13.0. The predicted octanol–water partition coefficient (Wildman–Crippen LogP) is 7.62. The lowest BCUT2D eigenvalue weighted by molar-refractivity contribution is -0.0415. The summed E-state index contributed by atoms with van der Waals surface area (Å²) in [6.07, 6.45) is 13.5. The van der Waals surface area contributed by atoms with E-state index in [4.69, 9.17) is 0 Å². The van der Waals surface area contributed by atoms with E-state index in [0.717, 1.165) is 12.6 Å². The summed E-state index contributed by atoms with van der Waals surface area (Å²) in [6.45, 7) is 11.3. The predicted molar refractivity (Wildman–Crippen MR) is 171 cm³/mol. The van der Waals surface area contributed by atoms with E-state index >= 15 is 0 Å². The number of hydrogen-bond acceptors (Lipinski definition) is 3. The zero-order valence-corrected chi connectivity index (χ0v) is 25.8. The van der Waals surface area contributed by atoms with Crippen LogP contribution in [-0.2, 0) is 18.4 Å². The molecule has 0 radical (unpaired) electrons. The number of aromatic nitrogens is 1. The molecule has 0 bridgehead atoms. The van der Waals surface area contributed by atoms with E-state index in [1.54, 1.807) is 22.4 Å². The van der Waals surface area contributed by atoms with Gasteiger partial charge in [-0.2, -0.15) is 0 Å². The fraction of sp³-hybridized carbons (Fsp3) is 0.632. The van der Waals surface area contributed by atoms with Crippen LogP contribution in [-0.4, -0.2) is 52.6 Å². The molecule has 0 amide bonds. The van der Waals surface area contributed by atoms with E-state index in [2.05, 4.69) is 76.0 Å². The number of nitrogens with one attached hydrogen (secondary N) is 1. The summed E-state index contributed by atoms with van der Waals surface area (Å²) >= 11 is 0. The molecule has 3 aromatic rings. The van der Waals surface area contributed by atoms with Crippen LogP contribution in [0.5, 0.6) is 0 Å². The van der Waals surface area contributed by atoms with E-state index in [0.29, 0.717) is 34.2 Å². The van der Waals surface area contributed by atoms with Gasteiger partial charge in [0.15, 0.2) is 0 Å². The lowest BCUT2D eigenvalue weighted by atomic mass is 9.52. The lowest BCUT2D eigenvalue weighted by Gasteiger charge is -2.59. The van der Waals surface area contributed by atoms with Gasteiger partial charge in [0.1, 0.15) is 0 Å². The highest BCUT2D eigenvalue weighted by Gasteiger charge is 2.66. The van der Waals surface area contributed by atoms with Gasteiger partial charge in [0.25, 0.3) is 0 Å². The Bertz CT molecular complexity index is 1600. The van der Waals surface area contributed by atoms with E-state index < -0.39 is 0 Å². The van der Waals surface area contributed by atoms with Crippen LogP contribution in [0.1, 0.15) is 106 Å². The summed E-state index contributed by atoms with van der Waals surface area (Å²) in [5.41, 5.74) is 10.8. The largest absolute Gasteiger partial charge is 0.381 e. The van der Waals surface area contributed by atoms with Crippen molar-refractivity contribution in [1.29, 1.82) is 0 Å². The summed E-state index contributed by atoms with van der Waals surface area (Å²) in [5.74, 6) is 0.564. The standard InChI is InChI=1S/C38H48N4/c1-3-36-15-7-20-41-22-18-38(35(36)41)28-23-25(11-12-30(28)39-32(38)13-17-36)29-24-42-31-10-6-5-9-26(31)27-14-21-40-19-8-16-37(29,4-2)34(40)33(27)42/h5-6,9-12,23,29,32,34-35,39H,3-4,7-8,13-22,24H2,1-2H3. The van der Waals surface area contributed by atoms with Crippen molar-refractivity contribution < 1.29 is 0 Å². The van der Waals surface area contributed by atoms with Crippen LogP contribution in [0.3, 0.4) is 0 Å². The second kappa shape index (κ2) is 8.45. The average molecular weight is 561 g/mol. The van der Waals surface area contributed by atoms with Crippen molar-refractivity contribution >= 4 is 16.6 Å². The van der Waals surface area contributed by atoms with Gasteiger partial charge < -0.3 is 9.88 Å². The van der Waals surface area contributed by atoms with E-state index in [-0.39, 0.29) is 0 Å². The molecule has 7 unspecified atom stereocenters. The Morgan fingerprint density at radius 3 is 2.67 bits per heavy atom. The number of rotatable bonds is 3. The quantitative estimate of drug-likeness (QED) is 0.356. The molecule has 1 saturated carbocycles. The fourth-order valence-corrected chi connectivity index (χ4v) is 13.0. The molecule has 1 spiro atoms. The summed E-state index contributed by atoms with van der Waals surface area (Å²) < 4.78 is 2.80. The smallest absolute Gasteiger partial charge is 0.0566 e. The monoisotopic (exact) mass is 560 g/mol. The Kier molecular flexibility index (Phi) is 5.04. The molecule has 42 heavy (non-hydrogen) atoms. The maximum atomic E-state index is 4.16. The summed E-state index contributed by atoms with van der Waals surface area (Å²) in [7, 11) is 0. The summed E-state index contributed by atoms with van der Waals surface area (Å²) in [5, 5.41) is 5.69. The van der Waals surface area contributed by atoms with Gasteiger partial charge in [0.2, 0.25) is 0 Å². The Morgan fingerprint density at radius 2 is 1.76 bits per heavy atom. The first-order chi connectivity index (χ1) is 20.6. The minimum absolute atomic E-state index is 0.302. The van der Waals surface area contributed by atoms with Crippen molar-refractivity contribution in [2.24, 2.45) is 10.8 Å². The molecule has 10 rings (SSSR count). The van der Waals surface area contributed by atoms with Crippen LogP contribution in [0.4, 0.5) is 5.69 Å². The van der Waals surface area contributed by atoms with E-state index in [1.807, 2.05) is 0 Å². The molecular formula is C38H48N4. The molecule has 1 aromatic heterocycles. The maximum Gasteiger partial charge on any atom is 0.0566 e. The number of benzene rings is 2. The van der Waals surface area contributed by atoms with Gasteiger partial charge in [-0.05, 0) is 123 Å². The van der Waals surface area contributed by atoms with Crippen LogP contribution >= 0.6 is 0 Å². The van der Waals surface area contributed by atoms with Crippen molar-refractivity contribution in [1.82, 2.24) is 14.4 Å². The molecule has 220 valence electrons. The highest BCUT2D eigenvalue weighted by molar-refractivity contribution is 5.86. The maximum absolute atomic E-state index is 4.16. The molecule has 4 heteroatoms. The molecular weight excluding hydrogens is 512 g/mol. The lowest BCUT2D eigenvalue weighted by Crippen LogP contribution is -2.63. The number of piperidine rings is 2. The van der Waals surface area contributed by atoms with Crippen molar-refractivity contribution in [2.45, 2.75) is 114 Å². The summed E-state index contributed by atoms with van der Waals surface area (Å²) in [4.78, 5) is 5.87. The van der Waals surface area contributed by atoms with Crippen molar-refractivity contribution in [3.63, 3.8) is 0 Å². The van der Waals surface area contributed by atoms with Crippen LogP contribution < -0.4 is 5.32 Å². The minimum Gasteiger partial charge on any atom is -0.381 e. The Hall–Kier alpha value is -2.30. The first-order valence-electron chi connectivity index (χ1n) is 17.6. The number of fused-ring (bicyclic) bond motifs is 4. The van der Waals surface area contributed by atoms with Crippen molar-refractivity contribution in [3.8, 4) is 0 Å². The Balaban J connectivity index is 1.16. The van der Waals surface area contributed by atoms with E-state index in [1.165, 1.54) is 107 Å². The van der Waals surface area contributed by atoms with Crippen molar-refractivity contribution in [3.05, 3.63) is 64.8 Å². The average Bonchev–Trinajstić information content (AvgIpc) is 3.70. The van der Waals surface area contributed by atoms with Crippen molar-refractivity contribution in [2.75, 3.05) is 31.5 Å². The molecule has 2 aromatic carbocycles. The van der Waals surface area contributed by atoms with Crippen LogP contribution in [0.15, 0.2) is 42.5 Å². The first kappa shape index (κ1) is 25.1. The molecule has 7 aliphatic rings. The number of hydrogen-bond donors (Lipinski definition) is 1. The van der Waals surface area contributed by atoms with Crippen LogP contribution in [0.25, 0.3) is 10.9 Å². The molecule has 3 saturated heterocycles. The van der Waals surface area contributed by atoms with Gasteiger partial charge in [-0.25, -0.2) is 0 Å². The van der Waals surface area contributed by atoms with Crippen LogP contribution in [0.2, 0.25) is 0 Å². The van der Waals surface area contributed by atoms with Gasteiger partial charge in [0, 0.05) is 58.8 Å². The highest BCUT2D eigenvalue weighted by Crippen LogP contribution is 2.66. The third-order valence-electron chi connectivity index (χ3n) is 14.6. The molecule has 4 fully saturated rings. The van der Waals surface area contributed by atoms with Gasteiger partial charge in [-0.15, -0.1) is 0 Å². The van der Waals surface area contributed by atoms with Gasteiger partial charge in [-0.3, -0.25) is 9.80 Å². The minimum atomic E-state index is 0.302. The number of anilines is 1. The molecule has 1 aliphatic carbocycles. The van der Waals surface area contributed by atoms with E-state index in [9.17, 15) is 0 Å². The molecule has 4 nitrogen and oxygen atoms in total. The summed E-state index contributed by atoms with van der Waals surface area (Å²) in [6, 6.07) is 19.2. The van der Waals surface area contributed by atoms with Gasteiger partial charge in [-0.1, -0.05) is 44.2 Å². The zero-order chi connectivity index (χ0) is 27.8. The SMILES string of the molecule is CCC12CCCN3CCC4(c5cc(C6Cn7c8c(c9ccccc97)CCN7CCCC6(CC)C87)ccc5NC4CC1)C32. The molecule has 6 aliphatic heterocycles. The third kappa shape index (κ3) is 2.80. The molecule has 1 N–H and O–H groups in total. The van der Waals surface area contributed by atoms with Gasteiger partial charge >= 0.3 is 0 Å². The van der Waals surface area contributed by atoms with Crippen LogP contribution in [0, 0.1) is 10.8 Å². The topological polar surface area (TPSA) is 23.4 Å². The Labute approximate surface area is 251 Å². The zero-order valence-electron chi connectivity index (χ0n) is 25.8. The molecule has 7 atom stereocenters. The third-order valence-corrected chi connectivity index (χ3v) is 14.6. The number of nitrogens with zero attached hydrogens (tertiary/aromatic N) is 3. The Morgan fingerprint density at radius 1 is 0.881 bits per heavy atom. The second-order valence-electron chi connectivity index (χ2n) is 15.5. The number of para-hydroxylation sites is 1. The van der Waals surface area contributed by atoms with Gasteiger partial charge in [0.05, 0.1) is 6.04 Å². The highest BCUT2D eigenvalue weighted by atomic mass is 15.3.